The largest absolute Gasteiger partial charge is 0.478 e. The van der Waals surface area contributed by atoms with Crippen LogP contribution in [0, 0.1) is 0 Å². The number of hydrogen-bond donors (Lipinski definition) is 0. The Morgan fingerprint density at radius 1 is 0.615 bits per heavy atom. The third-order valence-corrected chi connectivity index (χ3v) is 5.49. The number of rotatable bonds is 2. The second-order valence-electron chi connectivity index (χ2n) is 6.92. The topological polar surface area (TPSA) is 9.23 Å². The fraction of sp³-hybridized carbons (Fsp3) is 0.120. The van der Waals surface area contributed by atoms with Crippen molar-refractivity contribution < 1.29 is 4.74 Å². The highest BCUT2D eigenvalue weighted by Gasteiger charge is 2.40. The van der Waals surface area contributed by atoms with Crippen LogP contribution in [0.2, 0.25) is 0 Å². The fourth-order valence-electron chi connectivity index (χ4n) is 4.20. The van der Waals surface area contributed by atoms with Gasteiger partial charge in [-0.3, -0.25) is 0 Å². The van der Waals surface area contributed by atoms with Gasteiger partial charge in [0.05, 0.1) is 0 Å². The Hall–Kier alpha value is -3.06. The molecular weight excluding hydrogens is 316 g/mol. The second kappa shape index (κ2) is 6.03. The van der Waals surface area contributed by atoms with E-state index in [2.05, 4.69) is 97.1 Å². The number of fused-ring (bicyclic) bond motifs is 3. The van der Waals surface area contributed by atoms with Crippen molar-refractivity contribution in [2.45, 2.75) is 18.4 Å². The molecule has 0 aliphatic carbocycles. The summed E-state index contributed by atoms with van der Waals surface area (Å²) in [5.41, 5.74) is 3.32. The molecule has 1 nitrogen and oxygen atoms in total. The zero-order chi connectivity index (χ0) is 17.4. The molecule has 1 heterocycles. The lowest BCUT2D eigenvalue weighted by atomic mass is 9.79. The molecule has 0 amide bonds. The minimum atomic E-state index is -0.433. The summed E-state index contributed by atoms with van der Waals surface area (Å²) >= 11 is 0. The highest BCUT2D eigenvalue weighted by molar-refractivity contribution is 5.88. The predicted molar refractivity (Wildman–Crippen MR) is 107 cm³/mol. The average molecular weight is 336 g/mol. The second-order valence-corrected chi connectivity index (χ2v) is 6.92. The number of hydrogen-bond acceptors (Lipinski definition) is 1. The summed E-state index contributed by atoms with van der Waals surface area (Å²) < 4.78 is 6.80. The van der Waals surface area contributed by atoms with Crippen LogP contribution in [-0.4, -0.2) is 0 Å². The van der Waals surface area contributed by atoms with E-state index in [1.807, 2.05) is 0 Å². The Balaban J connectivity index is 1.70. The lowest BCUT2D eigenvalue weighted by Gasteiger charge is -2.40. The molecule has 26 heavy (non-hydrogen) atoms. The van der Waals surface area contributed by atoms with Crippen LogP contribution in [-0.2, 0) is 12.0 Å². The molecule has 126 valence electrons. The van der Waals surface area contributed by atoms with E-state index in [1.165, 1.54) is 27.5 Å². The van der Waals surface area contributed by atoms with Crippen molar-refractivity contribution in [3.63, 3.8) is 0 Å². The lowest BCUT2D eigenvalue weighted by molar-refractivity contribution is 0.0856. The van der Waals surface area contributed by atoms with E-state index in [4.69, 9.17) is 4.74 Å². The van der Waals surface area contributed by atoms with Crippen LogP contribution < -0.4 is 4.74 Å². The molecule has 1 heteroatoms. The summed E-state index contributed by atoms with van der Waals surface area (Å²) in [6.07, 6.45) is 1.93. The number of benzene rings is 4. The van der Waals surface area contributed by atoms with Gasteiger partial charge >= 0.3 is 0 Å². The molecule has 4 aromatic rings. The first kappa shape index (κ1) is 15.2. The Morgan fingerprint density at radius 2 is 1.23 bits per heavy atom. The molecule has 0 N–H and O–H groups in total. The van der Waals surface area contributed by atoms with Crippen LogP contribution in [0.25, 0.3) is 10.8 Å². The zero-order valence-corrected chi connectivity index (χ0v) is 14.6. The van der Waals surface area contributed by atoms with E-state index in [1.54, 1.807) is 0 Å². The summed E-state index contributed by atoms with van der Waals surface area (Å²) in [4.78, 5) is 0. The fourth-order valence-corrected chi connectivity index (χ4v) is 4.20. The van der Waals surface area contributed by atoms with Gasteiger partial charge in [-0.1, -0.05) is 91.0 Å². The van der Waals surface area contributed by atoms with Gasteiger partial charge in [-0.05, 0) is 40.8 Å². The maximum Gasteiger partial charge on any atom is 0.159 e. The average Bonchev–Trinajstić information content (AvgIpc) is 2.74. The van der Waals surface area contributed by atoms with Gasteiger partial charge in [-0.2, -0.15) is 0 Å². The van der Waals surface area contributed by atoms with Gasteiger partial charge < -0.3 is 4.74 Å². The third kappa shape index (κ3) is 2.32. The molecule has 0 bridgehead atoms. The van der Waals surface area contributed by atoms with Crippen molar-refractivity contribution >= 4 is 10.8 Å². The summed E-state index contributed by atoms with van der Waals surface area (Å²) in [5.74, 6) is 1.00. The van der Waals surface area contributed by atoms with Crippen molar-refractivity contribution in [2.24, 2.45) is 0 Å². The molecule has 0 spiro atoms. The highest BCUT2D eigenvalue weighted by atomic mass is 16.5. The molecule has 1 aliphatic rings. The van der Waals surface area contributed by atoms with Crippen molar-refractivity contribution in [3.8, 4) is 5.75 Å². The Morgan fingerprint density at radius 3 is 1.92 bits per heavy atom. The van der Waals surface area contributed by atoms with Gasteiger partial charge in [-0.25, -0.2) is 0 Å². The first-order valence-corrected chi connectivity index (χ1v) is 9.17. The summed E-state index contributed by atoms with van der Waals surface area (Å²) in [5, 5.41) is 2.58. The predicted octanol–water partition coefficient (Wildman–Crippen LogP) is 6.11. The van der Waals surface area contributed by atoms with Crippen molar-refractivity contribution in [2.75, 3.05) is 0 Å². The van der Waals surface area contributed by atoms with E-state index in [0.717, 1.165) is 18.6 Å². The molecule has 1 aliphatic heterocycles. The van der Waals surface area contributed by atoms with E-state index in [-0.39, 0.29) is 0 Å². The van der Waals surface area contributed by atoms with Gasteiger partial charge in [0, 0.05) is 5.56 Å². The summed E-state index contributed by atoms with van der Waals surface area (Å²) in [6, 6.07) is 34.1. The molecule has 0 saturated carbocycles. The van der Waals surface area contributed by atoms with E-state index < -0.39 is 5.60 Å². The smallest absolute Gasteiger partial charge is 0.159 e. The highest BCUT2D eigenvalue weighted by Crippen LogP contribution is 2.45. The van der Waals surface area contributed by atoms with Gasteiger partial charge in [0.25, 0.3) is 0 Å². The molecule has 4 aromatic carbocycles. The Labute approximate surface area is 153 Å². The van der Waals surface area contributed by atoms with Gasteiger partial charge in [0.2, 0.25) is 0 Å². The first-order chi connectivity index (χ1) is 12.9. The molecule has 0 aromatic heterocycles. The monoisotopic (exact) mass is 336 g/mol. The number of aryl methyl sites for hydroxylation is 1. The SMILES string of the molecule is c1ccc(C2(c3ccccc3)CCc3c(ccc4ccccc34)O2)cc1. The lowest BCUT2D eigenvalue weighted by Crippen LogP contribution is -2.38. The maximum absolute atomic E-state index is 6.80. The minimum absolute atomic E-state index is 0.433. The van der Waals surface area contributed by atoms with Crippen LogP contribution in [0.5, 0.6) is 5.75 Å². The van der Waals surface area contributed by atoms with Crippen LogP contribution in [0.4, 0.5) is 0 Å². The molecule has 0 unspecified atom stereocenters. The van der Waals surface area contributed by atoms with Crippen molar-refractivity contribution in [1.82, 2.24) is 0 Å². The summed E-state index contributed by atoms with van der Waals surface area (Å²) in [7, 11) is 0. The van der Waals surface area contributed by atoms with Crippen LogP contribution in [0.15, 0.2) is 97.1 Å². The normalized spacial score (nSPS) is 15.2. The van der Waals surface area contributed by atoms with Crippen molar-refractivity contribution in [3.05, 3.63) is 114 Å². The van der Waals surface area contributed by atoms with Crippen LogP contribution in [0.1, 0.15) is 23.1 Å². The van der Waals surface area contributed by atoms with Gasteiger partial charge in [0.1, 0.15) is 5.75 Å². The molecule has 0 atom stereocenters. The molecular formula is C25H20O. The van der Waals surface area contributed by atoms with E-state index in [0.29, 0.717) is 0 Å². The molecule has 0 fully saturated rings. The Bertz CT molecular complexity index is 1010. The zero-order valence-electron chi connectivity index (χ0n) is 14.6. The van der Waals surface area contributed by atoms with Crippen molar-refractivity contribution in [1.29, 1.82) is 0 Å². The van der Waals surface area contributed by atoms with E-state index >= 15 is 0 Å². The first-order valence-electron chi connectivity index (χ1n) is 9.17. The van der Waals surface area contributed by atoms with Crippen LogP contribution in [0.3, 0.4) is 0 Å². The van der Waals surface area contributed by atoms with E-state index in [9.17, 15) is 0 Å². The van der Waals surface area contributed by atoms with Gasteiger partial charge in [0.15, 0.2) is 5.60 Å². The van der Waals surface area contributed by atoms with Gasteiger partial charge in [-0.15, -0.1) is 0 Å². The Kier molecular flexibility index (Phi) is 3.53. The third-order valence-electron chi connectivity index (χ3n) is 5.49. The standard InChI is InChI=1S/C25H20O/c1-3-10-20(11-4-1)25(21-12-5-2-6-13-21)18-17-23-22-14-8-7-9-19(22)15-16-24(23)26-25/h1-16H,17-18H2. The minimum Gasteiger partial charge on any atom is -0.478 e. The number of ether oxygens (including phenoxy) is 1. The summed E-state index contributed by atoms with van der Waals surface area (Å²) in [6.45, 7) is 0. The molecule has 5 rings (SSSR count). The molecule has 0 saturated heterocycles. The quantitative estimate of drug-likeness (QED) is 0.429. The maximum atomic E-state index is 6.80. The molecule has 0 radical (unpaired) electrons. The van der Waals surface area contributed by atoms with Crippen LogP contribution >= 0.6 is 0 Å².